The SMILES string of the molecule is Cc1c(Cl)cccc1NC(=O)N1Cc2ccccc2-n2cccc2C1c1ccccc1. The summed E-state index contributed by atoms with van der Waals surface area (Å²) in [4.78, 5) is 15.6. The number of amides is 2. The van der Waals surface area contributed by atoms with Gasteiger partial charge in [-0.3, -0.25) is 0 Å². The smallest absolute Gasteiger partial charge is 0.318 e. The Morgan fingerprint density at radius 2 is 1.71 bits per heavy atom. The predicted molar refractivity (Wildman–Crippen MR) is 125 cm³/mol. The Morgan fingerprint density at radius 3 is 2.55 bits per heavy atom. The molecule has 1 atom stereocenters. The van der Waals surface area contributed by atoms with Gasteiger partial charge in [0, 0.05) is 22.6 Å². The van der Waals surface area contributed by atoms with Crippen LogP contribution in [0.3, 0.4) is 0 Å². The molecule has 1 aromatic heterocycles. The van der Waals surface area contributed by atoms with Gasteiger partial charge in [-0.2, -0.15) is 0 Å². The summed E-state index contributed by atoms with van der Waals surface area (Å²) in [5.74, 6) is 0. The van der Waals surface area contributed by atoms with Gasteiger partial charge in [-0.1, -0.05) is 66.2 Å². The van der Waals surface area contributed by atoms with Crippen LogP contribution in [0.1, 0.15) is 28.4 Å². The number of nitrogens with zero attached hydrogens (tertiary/aromatic N) is 2. The summed E-state index contributed by atoms with van der Waals surface area (Å²) >= 11 is 6.28. The van der Waals surface area contributed by atoms with Gasteiger partial charge in [0.15, 0.2) is 0 Å². The first-order valence-corrected chi connectivity index (χ1v) is 10.6. The van der Waals surface area contributed by atoms with Crippen molar-refractivity contribution in [3.05, 3.63) is 119 Å². The van der Waals surface area contributed by atoms with E-state index in [0.717, 1.165) is 33.8 Å². The van der Waals surface area contributed by atoms with Crippen molar-refractivity contribution in [3.8, 4) is 5.69 Å². The Balaban J connectivity index is 1.63. The molecule has 3 aromatic carbocycles. The van der Waals surface area contributed by atoms with Crippen LogP contribution in [0, 0.1) is 6.92 Å². The van der Waals surface area contributed by atoms with E-state index in [9.17, 15) is 4.79 Å². The van der Waals surface area contributed by atoms with Crippen molar-refractivity contribution in [1.82, 2.24) is 9.47 Å². The van der Waals surface area contributed by atoms with E-state index in [2.05, 4.69) is 46.4 Å². The second-order valence-corrected chi connectivity index (χ2v) is 8.12. The first kappa shape index (κ1) is 19.5. The molecule has 1 unspecified atom stereocenters. The van der Waals surface area contributed by atoms with Crippen LogP contribution in [-0.4, -0.2) is 15.5 Å². The van der Waals surface area contributed by atoms with Crippen molar-refractivity contribution >= 4 is 23.3 Å². The molecule has 0 spiro atoms. The van der Waals surface area contributed by atoms with Gasteiger partial charge in [0.1, 0.15) is 0 Å². The molecule has 0 saturated heterocycles. The maximum atomic E-state index is 13.7. The fourth-order valence-electron chi connectivity index (χ4n) is 4.26. The van der Waals surface area contributed by atoms with Gasteiger partial charge in [0.25, 0.3) is 0 Å². The van der Waals surface area contributed by atoms with Crippen molar-refractivity contribution in [2.75, 3.05) is 5.32 Å². The highest BCUT2D eigenvalue weighted by Gasteiger charge is 2.33. The normalized spacial score (nSPS) is 15.0. The first-order valence-electron chi connectivity index (χ1n) is 10.3. The van der Waals surface area contributed by atoms with Gasteiger partial charge in [-0.15, -0.1) is 0 Å². The summed E-state index contributed by atoms with van der Waals surface area (Å²) in [6, 6.07) is 27.7. The quantitative estimate of drug-likeness (QED) is 0.385. The Labute approximate surface area is 186 Å². The summed E-state index contributed by atoms with van der Waals surface area (Å²) in [5.41, 5.74) is 5.88. The number of rotatable bonds is 2. The molecular formula is C26H22ClN3O. The molecular weight excluding hydrogens is 406 g/mol. The molecule has 31 heavy (non-hydrogen) atoms. The number of halogens is 1. The van der Waals surface area contributed by atoms with E-state index in [-0.39, 0.29) is 12.1 Å². The highest BCUT2D eigenvalue weighted by Crippen LogP contribution is 2.37. The highest BCUT2D eigenvalue weighted by atomic mass is 35.5. The average molecular weight is 428 g/mol. The standard InChI is InChI=1S/C26H22ClN3O/c1-18-21(27)12-7-13-22(18)28-26(31)30-17-20-11-5-6-14-23(20)29-16-8-15-24(29)25(30)19-9-3-2-4-10-19/h2-16,25H,17H2,1H3,(H,28,31). The number of hydrogen-bond donors (Lipinski definition) is 1. The van der Waals surface area contributed by atoms with E-state index < -0.39 is 0 Å². The predicted octanol–water partition coefficient (Wildman–Crippen LogP) is 6.58. The molecule has 1 aliphatic rings. The summed E-state index contributed by atoms with van der Waals surface area (Å²) in [5, 5.41) is 3.73. The molecule has 0 aliphatic carbocycles. The number of nitrogens with one attached hydrogen (secondary N) is 1. The molecule has 4 nitrogen and oxygen atoms in total. The number of anilines is 1. The third-order valence-electron chi connectivity index (χ3n) is 5.85. The van der Waals surface area contributed by atoms with Gasteiger partial charge in [0.2, 0.25) is 0 Å². The van der Waals surface area contributed by atoms with Gasteiger partial charge in [-0.05, 0) is 53.9 Å². The Kier molecular flexibility index (Phi) is 5.00. The molecule has 5 rings (SSSR count). The molecule has 0 radical (unpaired) electrons. The zero-order chi connectivity index (χ0) is 21.4. The van der Waals surface area contributed by atoms with Crippen molar-refractivity contribution in [2.45, 2.75) is 19.5 Å². The van der Waals surface area contributed by atoms with E-state index in [1.54, 1.807) is 0 Å². The summed E-state index contributed by atoms with van der Waals surface area (Å²) in [6.07, 6.45) is 2.06. The second kappa shape index (κ2) is 7.97. The summed E-state index contributed by atoms with van der Waals surface area (Å²) in [7, 11) is 0. The third kappa shape index (κ3) is 3.49. The largest absolute Gasteiger partial charge is 0.322 e. The Morgan fingerprint density at radius 1 is 0.935 bits per heavy atom. The molecule has 1 N–H and O–H groups in total. The number of urea groups is 1. The van der Waals surface area contributed by atoms with Gasteiger partial charge in [-0.25, -0.2) is 4.79 Å². The molecule has 2 amide bonds. The number of carbonyl (C=O) groups excluding carboxylic acids is 1. The lowest BCUT2D eigenvalue weighted by molar-refractivity contribution is 0.194. The minimum atomic E-state index is -0.233. The lowest BCUT2D eigenvalue weighted by atomic mass is 10.0. The Bertz CT molecular complexity index is 1250. The van der Waals surface area contributed by atoms with Crippen molar-refractivity contribution in [2.24, 2.45) is 0 Å². The van der Waals surface area contributed by atoms with Crippen LogP contribution in [0.15, 0.2) is 91.1 Å². The molecule has 154 valence electrons. The maximum Gasteiger partial charge on any atom is 0.322 e. The number of benzene rings is 3. The van der Waals surface area contributed by atoms with Crippen LogP contribution in [0.25, 0.3) is 5.69 Å². The van der Waals surface area contributed by atoms with E-state index in [1.165, 1.54) is 0 Å². The minimum absolute atomic E-state index is 0.163. The number of carbonyl (C=O) groups is 1. The van der Waals surface area contributed by atoms with Crippen LogP contribution in [0.5, 0.6) is 0 Å². The van der Waals surface area contributed by atoms with Crippen molar-refractivity contribution < 1.29 is 4.79 Å². The number of hydrogen-bond acceptors (Lipinski definition) is 1. The number of aromatic nitrogens is 1. The van der Waals surface area contributed by atoms with Crippen LogP contribution >= 0.6 is 11.6 Å². The number of fused-ring (bicyclic) bond motifs is 3. The van der Waals surface area contributed by atoms with Crippen LogP contribution in [0.4, 0.5) is 10.5 Å². The molecule has 1 aliphatic heterocycles. The topological polar surface area (TPSA) is 37.3 Å². The van der Waals surface area contributed by atoms with E-state index >= 15 is 0 Å². The number of para-hydroxylation sites is 1. The van der Waals surface area contributed by atoms with Crippen LogP contribution in [0.2, 0.25) is 5.02 Å². The average Bonchev–Trinajstić information content (AvgIpc) is 3.21. The zero-order valence-corrected chi connectivity index (χ0v) is 17.9. The third-order valence-corrected chi connectivity index (χ3v) is 6.26. The van der Waals surface area contributed by atoms with Gasteiger partial charge in [0.05, 0.1) is 18.3 Å². The lowest BCUT2D eigenvalue weighted by Gasteiger charge is -2.31. The maximum absolute atomic E-state index is 13.7. The van der Waals surface area contributed by atoms with E-state index in [0.29, 0.717) is 11.6 Å². The fourth-order valence-corrected chi connectivity index (χ4v) is 4.43. The van der Waals surface area contributed by atoms with E-state index in [1.807, 2.05) is 66.4 Å². The zero-order valence-electron chi connectivity index (χ0n) is 17.1. The first-order chi connectivity index (χ1) is 15.1. The lowest BCUT2D eigenvalue weighted by Crippen LogP contribution is -2.38. The summed E-state index contributed by atoms with van der Waals surface area (Å²) < 4.78 is 2.19. The van der Waals surface area contributed by atoms with Gasteiger partial charge < -0.3 is 14.8 Å². The molecule has 0 saturated carbocycles. The Hall–Kier alpha value is -3.50. The molecule has 0 fully saturated rings. The molecule has 4 aromatic rings. The van der Waals surface area contributed by atoms with Crippen LogP contribution in [-0.2, 0) is 6.54 Å². The monoisotopic (exact) mass is 427 g/mol. The summed E-state index contributed by atoms with van der Waals surface area (Å²) in [6.45, 7) is 2.40. The molecule has 0 bridgehead atoms. The van der Waals surface area contributed by atoms with Gasteiger partial charge >= 0.3 is 6.03 Å². The van der Waals surface area contributed by atoms with Crippen LogP contribution < -0.4 is 5.32 Å². The van der Waals surface area contributed by atoms with Crippen molar-refractivity contribution in [1.29, 1.82) is 0 Å². The molecule has 2 heterocycles. The fraction of sp³-hybridized carbons (Fsp3) is 0.115. The van der Waals surface area contributed by atoms with E-state index in [4.69, 9.17) is 11.6 Å². The second-order valence-electron chi connectivity index (χ2n) is 7.72. The molecule has 5 heteroatoms. The van der Waals surface area contributed by atoms with Crippen molar-refractivity contribution in [3.63, 3.8) is 0 Å². The minimum Gasteiger partial charge on any atom is -0.318 e. The highest BCUT2D eigenvalue weighted by molar-refractivity contribution is 6.31.